The second kappa shape index (κ2) is 8.75. The molecule has 0 fully saturated rings. The van der Waals surface area contributed by atoms with Gasteiger partial charge in [-0.05, 0) is 43.3 Å². The van der Waals surface area contributed by atoms with Gasteiger partial charge in [0.15, 0.2) is 5.11 Å². The average Bonchev–Trinajstić information content (AvgIpc) is 2.39. The fourth-order valence-electron chi connectivity index (χ4n) is 1.84. The highest BCUT2D eigenvalue weighted by Crippen LogP contribution is 2.24. The molecule has 0 radical (unpaired) electrons. The molecule has 0 aromatic heterocycles. The third-order valence-corrected chi connectivity index (χ3v) is 3.17. The van der Waals surface area contributed by atoms with E-state index < -0.39 is 0 Å². The van der Waals surface area contributed by atoms with Crippen LogP contribution in [0.4, 0.5) is 5.69 Å². The number of hydrogen-bond acceptors (Lipinski definition) is 2. The summed E-state index contributed by atoms with van der Waals surface area (Å²) in [6.07, 6.45) is 4.94. The third kappa shape index (κ3) is 5.92. The van der Waals surface area contributed by atoms with Crippen molar-refractivity contribution in [1.29, 1.82) is 0 Å². The van der Waals surface area contributed by atoms with E-state index in [4.69, 9.17) is 17.0 Å². The molecule has 2 N–H and O–H groups in total. The number of nitrogens with one attached hydrogen (secondary N) is 2. The minimum absolute atomic E-state index is 0.653. The highest BCUT2D eigenvalue weighted by molar-refractivity contribution is 7.80. The Balaban J connectivity index is 2.41. The smallest absolute Gasteiger partial charge is 0.170 e. The molecule has 3 nitrogen and oxygen atoms in total. The van der Waals surface area contributed by atoms with Crippen LogP contribution < -0.4 is 15.4 Å². The number of methoxy groups -OCH3 is 1. The monoisotopic (exact) mass is 280 g/mol. The Hall–Kier alpha value is -1.29. The van der Waals surface area contributed by atoms with Crippen LogP contribution in [0.15, 0.2) is 18.2 Å². The largest absolute Gasteiger partial charge is 0.495 e. The molecule has 0 amide bonds. The summed E-state index contributed by atoms with van der Waals surface area (Å²) in [5.41, 5.74) is 2.09. The Labute approximate surface area is 121 Å². The van der Waals surface area contributed by atoms with Crippen LogP contribution in [0.2, 0.25) is 0 Å². The molecule has 0 spiro atoms. The molecule has 0 heterocycles. The molecule has 4 heteroatoms. The van der Waals surface area contributed by atoms with Crippen molar-refractivity contribution < 1.29 is 4.74 Å². The number of ether oxygens (including phenoxy) is 1. The summed E-state index contributed by atoms with van der Waals surface area (Å²) in [5.74, 6) is 0.806. The molecule has 0 unspecified atom stereocenters. The maximum Gasteiger partial charge on any atom is 0.170 e. The van der Waals surface area contributed by atoms with Crippen LogP contribution in [-0.4, -0.2) is 18.8 Å². The van der Waals surface area contributed by atoms with Crippen LogP contribution in [0, 0.1) is 6.92 Å². The molecule has 0 aliphatic heterocycles. The van der Waals surface area contributed by atoms with Gasteiger partial charge in [0, 0.05) is 6.54 Å². The quantitative estimate of drug-likeness (QED) is 0.587. The molecule has 0 saturated heterocycles. The molecule has 1 rings (SSSR count). The molecular formula is C15H24N2OS. The summed E-state index contributed by atoms with van der Waals surface area (Å²) in [7, 11) is 1.66. The Morgan fingerprint density at radius 3 is 2.74 bits per heavy atom. The summed E-state index contributed by atoms with van der Waals surface area (Å²) in [4.78, 5) is 0. The van der Waals surface area contributed by atoms with E-state index in [1.165, 1.54) is 24.8 Å². The lowest BCUT2D eigenvalue weighted by Crippen LogP contribution is -2.29. The van der Waals surface area contributed by atoms with Crippen molar-refractivity contribution in [1.82, 2.24) is 5.32 Å². The predicted molar refractivity (Wildman–Crippen MR) is 86.1 cm³/mol. The zero-order valence-electron chi connectivity index (χ0n) is 12.1. The maximum absolute atomic E-state index is 5.31. The first kappa shape index (κ1) is 15.8. The summed E-state index contributed by atoms with van der Waals surface area (Å²) < 4.78 is 5.31. The molecule has 1 aromatic carbocycles. The van der Waals surface area contributed by atoms with E-state index in [0.717, 1.165) is 24.4 Å². The van der Waals surface area contributed by atoms with Crippen LogP contribution in [0.1, 0.15) is 38.2 Å². The van der Waals surface area contributed by atoms with Gasteiger partial charge in [0.05, 0.1) is 12.8 Å². The minimum atomic E-state index is 0.653. The molecule has 1 aromatic rings. The fourth-order valence-corrected chi connectivity index (χ4v) is 2.05. The van der Waals surface area contributed by atoms with Gasteiger partial charge >= 0.3 is 0 Å². The van der Waals surface area contributed by atoms with E-state index in [2.05, 4.69) is 17.6 Å². The first-order valence-corrected chi connectivity index (χ1v) is 7.27. The number of thiocarbonyl (C=S) groups is 1. The maximum atomic E-state index is 5.31. The van der Waals surface area contributed by atoms with Gasteiger partial charge < -0.3 is 15.4 Å². The molecular weight excluding hydrogens is 256 g/mol. The van der Waals surface area contributed by atoms with Crippen LogP contribution in [0.25, 0.3) is 0 Å². The van der Waals surface area contributed by atoms with E-state index in [9.17, 15) is 0 Å². The Morgan fingerprint density at radius 2 is 2.05 bits per heavy atom. The topological polar surface area (TPSA) is 33.3 Å². The van der Waals surface area contributed by atoms with Gasteiger partial charge in [-0.3, -0.25) is 0 Å². The second-order valence-electron chi connectivity index (χ2n) is 4.65. The number of aryl methyl sites for hydroxylation is 1. The van der Waals surface area contributed by atoms with Crippen molar-refractivity contribution in [3.63, 3.8) is 0 Å². The third-order valence-electron chi connectivity index (χ3n) is 2.92. The van der Waals surface area contributed by atoms with E-state index in [-0.39, 0.29) is 0 Å². The second-order valence-corrected chi connectivity index (χ2v) is 5.05. The highest BCUT2D eigenvalue weighted by atomic mass is 32.1. The minimum Gasteiger partial charge on any atom is -0.495 e. The molecule has 0 saturated carbocycles. The lowest BCUT2D eigenvalue weighted by molar-refractivity contribution is 0.417. The zero-order chi connectivity index (χ0) is 14.1. The van der Waals surface area contributed by atoms with E-state index in [1.807, 2.05) is 25.1 Å². The SMILES string of the molecule is CCCCCCNC(=S)Nc1cc(C)ccc1OC. The summed E-state index contributed by atoms with van der Waals surface area (Å²) in [6.45, 7) is 5.18. The Bertz CT molecular complexity index is 407. The molecule has 0 aliphatic rings. The van der Waals surface area contributed by atoms with Crippen LogP contribution in [0.3, 0.4) is 0 Å². The van der Waals surface area contributed by atoms with Crippen LogP contribution in [-0.2, 0) is 0 Å². The fraction of sp³-hybridized carbons (Fsp3) is 0.533. The van der Waals surface area contributed by atoms with E-state index in [0.29, 0.717) is 5.11 Å². The summed E-state index contributed by atoms with van der Waals surface area (Å²) >= 11 is 5.29. The van der Waals surface area contributed by atoms with Crippen LogP contribution in [0.5, 0.6) is 5.75 Å². The first-order valence-electron chi connectivity index (χ1n) is 6.87. The van der Waals surface area contributed by atoms with Crippen LogP contribution >= 0.6 is 12.2 Å². The van der Waals surface area contributed by atoms with Gasteiger partial charge in [-0.1, -0.05) is 32.3 Å². The lowest BCUT2D eigenvalue weighted by Gasteiger charge is -2.14. The Kier molecular flexibility index (Phi) is 7.26. The Morgan fingerprint density at radius 1 is 1.26 bits per heavy atom. The average molecular weight is 280 g/mol. The van der Waals surface area contributed by atoms with E-state index >= 15 is 0 Å². The van der Waals surface area contributed by atoms with Gasteiger partial charge in [0.25, 0.3) is 0 Å². The zero-order valence-corrected chi connectivity index (χ0v) is 12.9. The number of benzene rings is 1. The number of rotatable bonds is 7. The molecule has 19 heavy (non-hydrogen) atoms. The van der Waals surface area contributed by atoms with Crippen molar-refractivity contribution in [2.75, 3.05) is 19.0 Å². The number of hydrogen-bond donors (Lipinski definition) is 2. The number of unbranched alkanes of at least 4 members (excludes halogenated alkanes) is 3. The van der Waals surface area contributed by atoms with Crippen molar-refractivity contribution in [3.05, 3.63) is 23.8 Å². The molecule has 0 atom stereocenters. The van der Waals surface area contributed by atoms with Crippen molar-refractivity contribution in [2.24, 2.45) is 0 Å². The lowest BCUT2D eigenvalue weighted by atomic mass is 10.2. The summed E-state index contributed by atoms with van der Waals surface area (Å²) in [5, 5.41) is 7.07. The molecule has 106 valence electrons. The molecule has 0 aliphatic carbocycles. The molecule has 0 bridgehead atoms. The van der Waals surface area contributed by atoms with Gasteiger partial charge in [0.2, 0.25) is 0 Å². The van der Waals surface area contributed by atoms with Crippen molar-refractivity contribution in [2.45, 2.75) is 39.5 Å². The van der Waals surface area contributed by atoms with Gasteiger partial charge in [-0.15, -0.1) is 0 Å². The van der Waals surface area contributed by atoms with Gasteiger partial charge in [-0.25, -0.2) is 0 Å². The van der Waals surface area contributed by atoms with Gasteiger partial charge in [-0.2, -0.15) is 0 Å². The highest BCUT2D eigenvalue weighted by Gasteiger charge is 2.04. The summed E-state index contributed by atoms with van der Waals surface area (Å²) in [6, 6.07) is 6.00. The number of anilines is 1. The normalized spacial score (nSPS) is 10.1. The van der Waals surface area contributed by atoms with Crippen molar-refractivity contribution in [3.8, 4) is 5.75 Å². The standard InChI is InChI=1S/C15H24N2OS/c1-4-5-6-7-10-16-15(19)17-13-11-12(2)8-9-14(13)18-3/h8-9,11H,4-7,10H2,1-3H3,(H2,16,17,19). The van der Waals surface area contributed by atoms with Gasteiger partial charge in [0.1, 0.15) is 5.75 Å². The van der Waals surface area contributed by atoms with E-state index in [1.54, 1.807) is 7.11 Å². The van der Waals surface area contributed by atoms with Crippen molar-refractivity contribution >= 4 is 23.0 Å². The predicted octanol–water partition coefficient (Wildman–Crippen LogP) is 3.87. The first-order chi connectivity index (χ1) is 9.17.